The molecular formula is C33H41N9O2. The van der Waals surface area contributed by atoms with Gasteiger partial charge in [-0.25, -0.2) is 15.0 Å². The highest BCUT2D eigenvalue weighted by Crippen LogP contribution is 2.38. The topological polar surface area (TPSA) is 134 Å². The van der Waals surface area contributed by atoms with Crippen molar-refractivity contribution in [1.82, 2.24) is 35.7 Å². The van der Waals surface area contributed by atoms with Crippen molar-refractivity contribution in [2.75, 3.05) is 36.4 Å². The summed E-state index contributed by atoms with van der Waals surface area (Å²) in [6.45, 7) is 14.3. The van der Waals surface area contributed by atoms with Crippen molar-refractivity contribution >= 4 is 23.2 Å². The van der Waals surface area contributed by atoms with E-state index in [0.717, 1.165) is 60.1 Å². The lowest BCUT2D eigenvalue weighted by Crippen LogP contribution is -2.41. The van der Waals surface area contributed by atoms with Gasteiger partial charge >= 0.3 is 11.8 Å². The van der Waals surface area contributed by atoms with Crippen molar-refractivity contribution in [3.63, 3.8) is 0 Å². The van der Waals surface area contributed by atoms with Crippen molar-refractivity contribution < 1.29 is 9.32 Å². The van der Waals surface area contributed by atoms with Crippen LogP contribution < -0.4 is 20.9 Å². The molecule has 6 rings (SSSR count). The van der Waals surface area contributed by atoms with Gasteiger partial charge in [0.05, 0.1) is 23.6 Å². The molecule has 1 spiro atoms. The smallest absolute Gasteiger partial charge is 0.315 e. The van der Waals surface area contributed by atoms with E-state index in [-0.39, 0.29) is 17.3 Å². The molecular weight excluding hydrogens is 554 g/mol. The maximum atomic E-state index is 12.8. The number of benzene rings is 1. The summed E-state index contributed by atoms with van der Waals surface area (Å²) in [7, 11) is 0. The largest absolute Gasteiger partial charge is 0.370 e. The molecule has 44 heavy (non-hydrogen) atoms. The molecule has 0 aliphatic carbocycles. The maximum absolute atomic E-state index is 12.8. The average molecular weight is 596 g/mol. The van der Waals surface area contributed by atoms with Crippen LogP contribution in [0.2, 0.25) is 0 Å². The van der Waals surface area contributed by atoms with Crippen LogP contribution in [0.25, 0.3) is 11.3 Å². The van der Waals surface area contributed by atoms with Crippen LogP contribution in [-0.2, 0) is 5.41 Å². The van der Waals surface area contributed by atoms with E-state index in [4.69, 9.17) is 4.52 Å². The first kappa shape index (κ1) is 29.7. The number of pyridine rings is 1. The molecule has 5 heterocycles. The maximum Gasteiger partial charge on any atom is 0.315 e. The number of aromatic nitrogens is 5. The van der Waals surface area contributed by atoms with Gasteiger partial charge in [-0.1, -0.05) is 38.1 Å². The van der Waals surface area contributed by atoms with Crippen LogP contribution in [-0.4, -0.2) is 57.2 Å². The Morgan fingerprint density at radius 2 is 1.86 bits per heavy atom. The number of nitrogens with one attached hydrogen (secondary N) is 3. The molecule has 11 heteroatoms. The monoisotopic (exact) mass is 595 g/mol. The third kappa shape index (κ3) is 6.42. The third-order valence-corrected chi connectivity index (χ3v) is 8.86. The van der Waals surface area contributed by atoms with Crippen molar-refractivity contribution in [1.29, 1.82) is 0 Å². The summed E-state index contributed by atoms with van der Waals surface area (Å²) in [6.07, 6.45) is 7.26. The average Bonchev–Trinajstić information content (AvgIpc) is 3.69. The first-order valence-electron chi connectivity index (χ1n) is 15.4. The fourth-order valence-corrected chi connectivity index (χ4v) is 6.10. The molecule has 2 fully saturated rings. The van der Waals surface area contributed by atoms with Crippen LogP contribution >= 0.6 is 0 Å². The lowest BCUT2D eigenvalue weighted by atomic mass is 9.78. The first-order chi connectivity index (χ1) is 21.1. The minimum absolute atomic E-state index is 0.0392. The zero-order chi connectivity index (χ0) is 30.9. The minimum Gasteiger partial charge on any atom is -0.370 e. The molecule has 2 saturated heterocycles. The van der Waals surface area contributed by atoms with Crippen LogP contribution in [0.1, 0.15) is 80.6 Å². The highest BCUT2D eigenvalue weighted by molar-refractivity contribution is 5.89. The van der Waals surface area contributed by atoms with E-state index >= 15 is 0 Å². The summed E-state index contributed by atoms with van der Waals surface area (Å²) in [6, 6.07) is 11.9. The number of nitrogens with zero attached hydrogens (tertiary/aromatic N) is 6. The van der Waals surface area contributed by atoms with Crippen molar-refractivity contribution in [3.8, 4) is 11.3 Å². The number of amides is 1. The van der Waals surface area contributed by atoms with Gasteiger partial charge in [-0.2, -0.15) is 4.98 Å². The highest BCUT2D eigenvalue weighted by Gasteiger charge is 2.37. The van der Waals surface area contributed by atoms with E-state index in [1.54, 1.807) is 6.33 Å². The molecule has 1 unspecified atom stereocenters. The fraction of sp³-hybridized carbons (Fsp3) is 0.455. The number of carbonyl (C=O) groups excluding carboxylic acids is 1. The molecule has 2 aliphatic heterocycles. The van der Waals surface area contributed by atoms with Gasteiger partial charge in [-0.15, -0.1) is 0 Å². The van der Waals surface area contributed by atoms with E-state index in [9.17, 15) is 4.79 Å². The lowest BCUT2D eigenvalue weighted by Gasteiger charge is -2.39. The zero-order valence-electron chi connectivity index (χ0n) is 26.1. The highest BCUT2D eigenvalue weighted by atomic mass is 16.5. The number of piperidine rings is 1. The number of aryl methyl sites for hydroxylation is 1. The second-order valence-corrected chi connectivity index (χ2v) is 13.2. The van der Waals surface area contributed by atoms with Crippen molar-refractivity contribution in [3.05, 3.63) is 71.8 Å². The molecule has 3 N–H and O–H groups in total. The zero-order valence-corrected chi connectivity index (χ0v) is 26.1. The molecule has 1 amide bonds. The van der Waals surface area contributed by atoms with Crippen LogP contribution in [0.5, 0.6) is 0 Å². The van der Waals surface area contributed by atoms with E-state index < -0.39 is 5.91 Å². The Bertz CT molecular complexity index is 1610. The van der Waals surface area contributed by atoms with Crippen LogP contribution in [0.4, 0.5) is 17.3 Å². The Kier molecular flexibility index (Phi) is 8.06. The van der Waals surface area contributed by atoms with Crippen molar-refractivity contribution in [2.45, 2.75) is 65.3 Å². The first-order valence-corrected chi connectivity index (χ1v) is 15.4. The molecule has 230 valence electrons. The molecule has 0 radical (unpaired) electrons. The normalized spacial score (nSPS) is 17.1. The Balaban J connectivity index is 1.08. The summed E-state index contributed by atoms with van der Waals surface area (Å²) in [5.41, 5.74) is 5.10. The van der Waals surface area contributed by atoms with Gasteiger partial charge < -0.3 is 25.4 Å². The van der Waals surface area contributed by atoms with Gasteiger partial charge in [-0.3, -0.25) is 4.79 Å². The standard InChI is InChI=1S/C33H41N9O2/c1-21-16-23(6-8-25(21)22(2)38-29(43)30-40-31(41-44-30)32(3,4)5)26-17-28(37-20-36-26)39-27-9-7-24(18-35-27)42-14-11-33(12-15-42)10-13-34-19-33/h6-9,16-18,20,22,34H,10-15,19H2,1-5H3,(H,38,43)(H,35,36,37,39). The van der Waals surface area contributed by atoms with E-state index in [1.807, 2.05) is 65.1 Å². The molecule has 1 atom stereocenters. The predicted octanol–water partition coefficient (Wildman–Crippen LogP) is 5.34. The Morgan fingerprint density at radius 1 is 1.05 bits per heavy atom. The Hall–Kier alpha value is -4.38. The summed E-state index contributed by atoms with van der Waals surface area (Å²) in [5, 5.41) is 13.8. The molecule has 2 aliphatic rings. The minimum atomic E-state index is -0.400. The Morgan fingerprint density at radius 3 is 2.52 bits per heavy atom. The van der Waals surface area contributed by atoms with Crippen LogP contribution in [0, 0.1) is 12.3 Å². The van der Waals surface area contributed by atoms with Gasteiger partial charge in [0, 0.05) is 36.7 Å². The molecule has 0 saturated carbocycles. The lowest BCUT2D eigenvalue weighted by molar-refractivity contribution is 0.0895. The van der Waals surface area contributed by atoms with Crippen LogP contribution in [0.15, 0.2) is 53.4 Å². The molecule has 3 aromatic heterocycles. The predicted molar refractivity (Wildman–Crippen MR) is 170 cm³/mol. The van der Waals surface area contributed by atoms with Gasteiger partial charge in [0.15, 0.2) is 5.82 Å². The summed E-state index contributed by atoms with van der Waals surface area (Å²) in [5.74, 6) is 1.46. The third-order valence-electron chi connectivity index (χ3n) is 8.86. The summed E-state index contributed by atoms with van der Waals surface area (Å²) < 4.78 is 5.20. The molecule has 1 aromatic carbocycles. The summed E-state index contributed by atoms with van der Waals surface area (Å²) in [4.78, 5) is 33.0. The number of hydrogen-bond donors (Lipinski definition) is 3. The second kappa shape index (κ2) is 12.0. The van der Waals surface area contributed by atoms with Crippen LogP contribution in [0.3, 0.4) is 0 Å². The van der Waals surface area contributed by atoms with E-state index in [1.165, 1.54) is 19.3 Å². The summed E-state index contributed by atoms with van der Waals surface area (Å²) >= 11 is 0. The SMILES string of the molecule is Cc1cc(-c2cc(Nc3ccc(N4CCC5(CCNC5)CC4)cn3)ncn2)ccc1C(C)NC(=O)c1nc(C(C)(C)C)no1. The second-order valence-electron chi connectivity index (χ2n) is 13.2. The molecule has 4 aromatic rings. The molecule has 0 bridgehead atoms. The number of hydrogen-bond acceptors (Lipinski definition) is 10. The quantitative estimate of drug-likeness (QED) is 0.257. The molecule has 11 nitrogen and oxygen atoms in total. The van der Waals surface area contributed by atoms with E-state index in [0.29, 0.717) is 17.1 Å². The van der Waals surface area contributed by atoms with Gasteiger partial charge in [0.25, 0.3) is 0 Å². The van der Waals surface area contributed by atoms with Gasteiger partial charge in [0.1, 0.15) is 18.0 Å². The van der Waals surface area contributed by atoms with E-state index in [2.05, 4.69) is 58.1 Å². The fourth-order valence-electron chi connectivity index (χ4n) is 6.10. The number of rotatable bonds is 7. The Labute approximate surface area is 258 Å². The van der Waals surface area contributed by atoms with Gasteiger partial charge in [0.2, 0.25) is 0 Å². The number of carbonyl (C=O) groups is 1. The number of anilines is 3. The van der Waals surface area contributed by atoms with Gasteiger partial charge in [-0.05, 0) is 74.4 Å². The van der Waals surface area contributed by atoms with Crippen molar-refractivity contribution in [2.24, 2.45) is 5.41 Å².